The maximum absolute atomic E-state index is 2.55. The molecule has 0 saturated carbocycles. The molecule has 0 atom stereocenters. The van der Waals surface area contributed by atoms with Crippen LogP contribution in [0.1, 0.15) is 0 Å². The molecule has 0 fully saturated rings. The zero-order valence-corrected chi connectivity index (χ0v) is 29.5. The minimum atomic E-state index is 1.16. The van der Waals surface area contributed by atoms with Crippen LogP contribution in [-0.2, 0) is 0 Å². The molecule has 0 amide bonds. The Bertz CT molecular complexity index is 3270. The Morgan fingerprint density at radius 2 is 1.19 bits per heavy atom. The van der Waals surface area contributed by atoms with E-state index in [4.69, 9.17) is 0 Å². The summed E-state index contributed by atoms with van der Waals surface area (Å²) in [5, 5.41) is 9.03. The van der Waals surface area contributed by atoms with E-state index < -0.39 is 0 Å². The highest BCUT2D eigenvalue weighted by Gasteiger charge is 2.29. The summed E-state index contributed by atoms with van der Waals surface area (Å²) >= 11 is 3.77. The molecule has 0 unspecified atom stereocenters. The van der Waals surface area contributed by atoms with Gasteiger partial charge in [0.2, 0.25) is 0 Å². The van der Waals surface area contributed by atoms with Crippen molar-refractivity contribution in [2.75, 3.05) is 0 Å². The van der Waals surface area contributed by atoms with Crippen LogP contribution in [0, 0.1) is 0 Å². The van der Waals surface area contributed by atoms with Crippen LogP contribution < -0.4 is 0 Å². The van der Waals surface area contributed by atoms with Crippen molar-refractivity contribution >= 4 is 86.9 Å². The largest absolute Gasteiger partial charge is 0.295 e. The van der Waals surface area contributed by atoms with Gasteiger partial charge in [0.05, 0.1) is 16.7 Å². The van der Waals surface area contributed by atoms with Crippen LogP contribution >= 0.6 is 23.1 Å². The van der Waals surface area contributed by atoms with Gasteiger partial charge in [0, 0.05) is 51.8 Å². The molecule has 52 heavy (non-hydrogen) atoms. The van der Waals surface area contributed by atoms with Crippen molar-refractivity contribution in [2.45, 2.75) is 9.79 Å². The topological polar surface area (TPSA) is 9.86 Å². The molecule has 11 aromatic rings. The quantitative estimate of drug-likeness (QED) is 0.179. The van der Waals surface area contributed by atoms with Crippen LogP contribution in [0.4, 0.5) is 0 Å². The second-order valence-corrected chi connectivity index (χ2v) is 15.9. The molecule has 0 bridgehead atoms. The fraction of sp³-hybridized carbons (Fsp3) is 0. The molecule has 1 aliphatic heterocycles. The molecule has 0 aliphatic carbocycles. The summed E-state index contributed by atoms with van der Waals surface area (Å²) in [7, 11) is 0. The molecule has 8 aromatic carbocycles. The molecule has 1 aliphatic rings. The van der Waals surface area contributed by atoms with Crippen molar-refractivity contribution < 1.29 is 0 Å². The van der Waals surface area contributed by atoms with Crippen molar-refractivity contribution in [3.63, 3.8) is 0 Å². The summed E-state index contributed by atoms with van der Waals surface area (Å²) in [6.07, 6.45) is 0. The summed E-state index contributed by atoms with van der Waals surface area (Å²) in [6.45, 7) is 0. The Morgan fingerprint density at radius 3 is 2.13 bits per heavy atom. The van der Waals surface area contributed by atoms with E-state index in [9.17, 15) is 0 Å². The first-order chi connectivity index (χ1) is 25.8. The number of para-hydroxylation sites is 1. The Kier molecular flexibility index (Phi) is 5.90. The fourth-order valence-corrected chi connectivity index (χ4v) is 10.9. The summed E-state index contributed by atoms with van der Waals surface area (Å²) in [5.74, 6) is 0. The number of fused-ring (bicyclic) bond motifs is 11. The first kappa shape index (κ1) is 28.6. The third-order valence-electron chi connectivity index (χ3n) is 10.9. The highest BCUT2D eigenvalue weighted by Crippen LogP contribution is 2.51. The smallest absolute Gasteiger partial charge is 0.131 e. The van der Waals surface area contributed by atoms with Gasteiger partial charge in [0.1, 0.15) is 5.65 Å². The molecule has 4 heterocycles. The van der Waals surface area contributed by atoms with Crippen molar-refractivity contribution in [3.05, 3.63) is 170 Å². The average Bonchev–Trinajstić information content (AvgIpc) is 3.86. The average molecular weight is 697 g/mol. The Morgan fingerprint density at radius 1 is 0.423 bits per heavy atom. The summed E-state index contributed by atoms with van der Waals surface area (Å²) in [4.78, 5) is 2.55. The van der Waals surface area contributed by atoms with Crippen molar-refractivity contribution in [1.29, 1.82) is 0 Å². The predicted molar refractivity (Wildman–Crippen MR) is 223 cm³/mol. The van der Waals surface area contributed by atoms with E-state index in [-0.39, 0.29) is 0 Å². The molecule has 0 N–H and O–H groups in total. The lowest BCUT2D eigenvalue weighted by Gasteiger charge is -2.22. The number of hydrogen-bond acceptors (Lipinski definition) is 2. The Labute approximate surface area is 307 Å². The molecule has 0 spiro atoms. The van der Waals surface area contributed by atoms with Crippen LogP contribution in [0.15, 0.2) is 180 Å². The van der Waals surface area contributed by atoms with E-state index in [2.05, 4.69) is 179 Å². The van der Waals surface area contributed by atoms with E-state index in [1.54, 1.807) is 0 Å². The molecular weight excluding hydrogens is 669 g/mol. The lowest BCUT2D eigenvalue weighted by Crippen LogP contribution is -2.06. The van der Waals surface area contributed by atoms with Gasteiger partial charge in [-0.25, -0.2) is 0 Å². The molecule has 3 aromatic heterocycles. The van der Waals surface area contributed by atoms with Gasteiger partial charge in [0.25, 0.3) is 0 Å². The zero-order chi connectivity index (χ0) is 33.9. The first-order valence-corrected chi connectivity index (χ1v) is 19.3. The van der Waals surface area contributed by atoms with Crippen molar-refractivity contribution in [2.24, 2.45) is 0 Å². The zero-order valence-electron chi connectivity index (χ0n) is 27.9. The molecule has 4 heteroatoms. The molecule has 2 nitrogen and oxygen atoms in total. The number of benzene rings is 8. The maximum Gasteiger partial charge on any atom is 0.131 e. The molecule has 0 radical (unpaired) electrons. The van der Waals surface area contributed by atoms with E-state index in [1.807, 2.05) is 23.1 Å². The van der Waals surface area contributed by atoms with E-state index in [0.29, 0.717) is 0 Å². The molecule has 12 rings (SSSR count). The van der Waals surface area contributed by atoms with Gasteiger partial charge >= 0.3 is 0 Å². The van der Waals surface area contributed by atoms with Crippen molar-refractivity contribution in [3.8, 4) is 33.6 Å². The Hall–Kier alpha value is -6.07. The predicted octanol–water partition coefficient (Wildman–Crippen LogP) is 14.0. The summed E-state index contributed by atoms with van der Waals surface area (Å²) in [5.41, 5.74) is 11.1. The van der Waals surface area contributed by atoms with Crippen LogP contribution in [0.5, 0.6) is 0 Å². The number of nitrogens with zero attached hydrogens (tertiary/aromatic N) is 2. The van der Waals surface area contributed by atoms with Gasteiger partial charge in [-0.05, 0) is 81.6 Å². The van der Waals surface area contributed by atoms with Crippen LogP contribution in [0.2, 0.25) is 0 Å². The van der Waals surface area contributed by atoms with Crippen LogP contribution in [0.25, 0.3) is 97.4 Å². The minimum absolute atomic E-state index is 1.16. The monoisotopic (exact) mass is 696 g/mol. The van der Waals surface area contributed by atoms with Gasteiger partial charge in [0.15, 0.2) is 0 Å². The highest BCUT2D eigenvalue weighted by molar-refractivity contribution is 7.99. The second-order valence-electron chi connectivity index (χ2n) is 13.7. The third kappa shape index (κ3) is 3.96. The number of thiophene rings is 1. The SMILES string of the molecule is c1ccc(-c2cccc3c2c2c4cccc5c4n(c2n3-c2ccc3ccccc3c2)-c2ccc(-c3ccc4c(c3)sc3ccccc34)cc2S5)cc1. The van der Waals surface area contributed by atoms with Gasteiger partial charge in [-0.1, -0.05) is 133 Å². The summed E-state index contributed by atoms with van der Waals surface area (Å²) < 4.78 is 7.73. The molecule has 242 valence electrons. The van der Waals surface area contributed by atoms with Gasteiger partial charge in [-0.2, -0.15) is 0 Å². The standard InChI is InChI=1S/C48H28N2S2/c1-2-11-30(12-3-1)35-15-8-17-40-45(35)46-38-16-9-19-42-47(38)50(48(46)49(40)34-23-20-29-10-4-5-13-31(29)26-34)39-25-22-33(28-44(39)52-42)32-21-24-37-36-14-6-7-18-41(36)51-43(37)27-32/h1-28H. The van der Waals surface area contributed by atoms with E-state index in [0.717, 1.165) is 5.69 Å². The number of rotatable bonds is 3. The lowest BCUT2D eigenvalue weighted by atomic mass is 9.99. The third-order valence-corrected chi connectivity index (χ3v) is 13.1. The fourth-order valence-electron chi connectivity index (χ4n) is 8.59. The van der Waals surface area contributed by atoms with E-state index >= 15 is 0 Å². The number of aromatic nitrogens is 2. The van der Waals surface area contributed by atoms with Crippen LogP contribution in [0.3, 0.4) is 0 Å². The Balaban J connectivity index is 1.16. The van der Waals surface area contributed by atoms with Crippen LogP contribution in [-0.4, -0.2) is 9.13 Å². The van der Waals surface area contributed by atoms with Gasteiger partial charge in [-0.15, -0.1) is 11.3 Å². The molecule has 0 saturated heterocycles. The van der Waals surface area contributed by atoms with Gasteiger partial charge in [-0.3, -0.25) is 9.13 Å². The maximum atomic E-state index is 2.55. The normalized spacial score (nSPS) is 12.5. The number of hydrogen-bond donors (Lipinski definition) is 0. The van der Waals surface area contributed by atoms with Gasteiger partial charge < -0.3 is 0 Å². The minimum Gasteiger partial charge on any atom is -0.295 e. The summed E-state index contributed by atoms with van der Waals surface area (Å²) in [6, 6.07) is 62.8. The van der Waals surface area contributed by atoms with E-state index in [1.165, 1.54) is 102 Å². The molecular formula is C48H28N2S2. The van der Waals surface area contributed by atoms with Crippen molar-refractivity contribution in [1.82, 2.24) is 9.13 Å². The lowest BCUT2D eigenvalue weighted by molar-refractivity contribution is 1.03. The first-order valence-electron chi connectivity index (χ1n) is 17.7. The highest BCUT2D eigenvalue weighted by atomic mass is 32.2. The second kappa shape index (κ2) is 10.7.